The maximum atomic E-state index is 12.9. The molecular weight excluding hydrogens is 402 g/mol. The van der Waals surface area contributed by atoms with Crippen molar-refractivity contribution in [1.29, 1.82) is 5.26 Å². The van der Waals surface area contributed by atoms with Crippen LogP contribution in [0.2, 0.25) is 0 Å². The van der Waals surface area contributed by atoms with E-state index in [-0.39, 0.29) is 30.3 Å². The lowest BCUT2D eigenvalue weighted by Gasteiger charge is -2.36. The number of carbonyl (C=O) groups excluding carboxylic acids is 1. The van der Waals surface area contributed by atoms with Gasteiger partial charge in [-0.2, -0.15) is 18.4 Å². The number of ether oxygens (including phenoxy) is 1. The lowest BCUT2D eigenvalue weighted by molar-refractivity contribution is -0.137. The molecule has 1 heterocycles. The Morgan fingerprint density at radius 1 is 1.07 bits per heavy atom. The molecule has 0 N–H and O–H groups in total. The summed E-state index contributed by atoms with van der Waals surface area (Å²) in [6, 6.07) is 10.4. The van der Waals surface area contributed by atoms with Crippen LogP contribution in [0.1, 0.15) is 17.5 Å². The highest BCUT2D eigenvalue weighted by Crippen LogP contribution is 2.33. The van der Waals surface area contributed by atoms with Crippen molar-refractivity contribution in [3.05, 3.63) is 59.4 Å². The summed E-state index contributed by atoms with van der Waals surface area (Å²) in [5.74, 6) is -0.00561. The first-order valence-electron chi connectivity index (χ1n) is 9.30. The summed E-state index contributed by atoms with van der Waals surface area (Å²) >= 11 is 0. The molecule has 0 unspecified atom stereocenters. The number of nitriles is 1. The first-order chi connectivity index (χ1) is 14.3. The van der Waals surface area contributed by atoms with Gasteiger partial charge in [-0.05, 0) is 42.5 Å². The molecule has 9 heteroatoms. The molecule has 0 bridgehead atoms. The molecule has 5 nitrogen and oxygen atoms in total. The SMILES string of the molecule is N#Cc1cc(C(F)(F)F)ccc1N1CCN(C(=O)CCOc2ccc(F)cc2)CC1. The molecule has 1 aliphatic rings. The maximum Gasteiger partial charge on any atom is 0.416 e. The Bertz CT molecular complexity index is 931. The molecule has 0 saturated carbocycles. The fraction of sp³-hybridized carbons (Fsp3) is 0.333. The van der Waals surface area contributed by atoms with Crippen LogP contribution in [0.4, 0.5) is 23.2 Å². The summed E-state index contributed by atoms with van der Waals surface area (Å²) in [5.41, 5.74) is -0.479. The number of nitrogens with zero attached hydrogens (tertiary/aromatic N) is 3. The summed E-state index contributed by atoms with van der Waals surface area (Å²) in [6.45, 7) is 1.75. The summed E-state index contributed by atoms with van der Waals surface area (Å²) in [5, 5.41) is 9.24. The van der Waals surface area contributed by atoms with Gasteiger partial charge in [0.05, 0.1) is 29.8 Å². The number of alkyl halides is 3. The zero-order valence-corrected chi connectivity index (χ0v) is 16.0. The predicted octanol–water partition coefficient (Wildman–Crippen LogP) is 3.83. The van der Waals surface area contributed by atoms with Crippen LogP contribution >= 0.6 is 0 Å². The Kier molecular flexibility index (Phi) is 6.45. The van der Waals surface area contributed by atoms with E-state index in [1.165, 1.54) is 30.3 Å². The molecule has 0 atom stereocenters. The van der Waals surface area contributed by atoms with Gasteiger partial charge in [-0.15, -0.1) is 0 Å². The third-order valence-electron chi connectivity index (χ3n) is 4.82. The quantitative estimate of drug-likeness (QED) is 0.689. The van der Waals surface area contributed by atoms with Crippen molar-refractivity contribution < 1.29 is 27.1 Å². The largest absolute Gasteiger partial charge is 0.493 e. The highest BCUT2D eigenvalue weighted by molar-refractivity contribution is 5.76. The van der Waals surface area contributed by atoms with E-state index in [4.69, 9.17) is 4.74 Å². The predicted molar refractivity (Wildman–Crippen MR) is 101 cm³/mol. The third-order valence-corrected chi connectivity index (χ3v) is 4.82. The first kappa shape index (κ1) is 21.4. The van der Waals surface area contributed by atoms with Crippen LogP contribution in [0.3, 0.4) is 0 Å². The van der Waals surface area contributed by atoms with Gasteiger partial charge in [0, 0.05) is 26.2 Å². The number of hydrogen-bond acceptors (Lipinski definition) is 4. The fourth-order valence-electron chi connectivity index (χ4n) is 3.22. The molecule has 158 valence electrons. The van der Waals surface area contributed by atoms with Crippen molar-refractivity contribution in [1.82, 2.24) is 4.90 Å². The minimum absolute atomic E-state index is 0.0442. The van der Waals surface area contributed by atoms with E-state index in [1.807, 2.05) is 6.07 Å². The van der Waals surface area contributed by atoms with Crippen LogP contribution in [0.5, 0.6) is 5.75 Å². The second-order valence-electron chi connectivity index (χ2n) is 6.76. The topological polar surface area (TPSA) is 56.6 Å². The number of rotatable bonds is 5. The Morgan fingerprint density at radius 3 is 2.33 bits per heavy atom. The van der Waals surface area contributed by atoms with E-state index in [9.17, 15) is 27.6 Å². The van der Waals surface area contributed by atoms with E-state index >= 15 is 0 Å². The molecule has 1 aliphatic heterocycles. The van der Waals surface area contributed by atoms with Crippen molar-refractivity contribution in [2.45, 2.75) is 12.6 Å². The van der Waals surface area contributed by atoms with E-state index in [1.54, 1.807) is 9.80 Å². The number of anilines is 1. The minimum Gasteiger partial charge on any atom is -0.493 e. The molecule has 0 radical (unpaired) electrons. The maximum absolute atomic E-state index is 12.9. The van der Waals surface area contributed by atoms with E-state index in [0.29, 0.717) is 37.6 Å². The summed E-state index contributed by atoms with van der Waals surface area (Å²) in [6.07, 6.45) is -4.35. The average molecular weight is 421 g/mol. The van der Waals surface area contributed by atoms with Gasteiger partial charge >= 0.3 is 6.18 Å². The number of piperazine rings is 1. The van der Waals surface area contributed by atoms with Gasteiger partial charge in [-0.25, -0.2) is 4.39 Å². The third kappa shape index (κ3) is 5.20. The number of amides is 1. The smallest absolute Gasteiger partial charge is 0.416 e. The molecule has 0 aromatic heterocycles. The van der Waals surface area contributed by atoms with E-state index in [2.05, 4.69) is 0 Å². The van der Waals surface area contributed by atoms with Crippen LogP contribution in [0, 0.1) is 17.1 Å². The lowest BCUT2D eigenvalue weighted by Crippen LogP contribution is -2.49. The minimum atomic E-state index is -4.51. The van der Waals surface area contributed by atoms with Gasteiger partial charge < -0.3 is 14.5 Å². The second-order valence-corrected chi connectivity index (χ2v) is 6.76. The molecular formula is C21H19F4N3O2. The molecule has 1 saturated heterocycles. The van der Waals surface area contributed by atoms with Crippen molar-refractivity contribution in [3.8, 4) is 11.8 Å². The fourth-order valence-corrected chi connectivity index (χ4v) is 3.22. The van der Waals surface area contributed by atoms with Gasteiger partial charge in [0.1, 0.15) is 17.6 Å². The zero-order valence-electron chi connectivity index (χ0n) is 16.0. The standard InChI is InChI=1S/C21H19F4N3O2/c22-17-2-4-18(5-3-17)30-12-7-20(29)28-10-8-27(9-11-28)19-6-1-16(21(23,24)25)13-15(19)14-26/h1-6,13H,7-12H2. The Labute approximate surface area is 171 Å². The van der Waals surface area contributed by atoms with Gasteiger partial charge in [-0.3, -0.25) is 4.79 Å². The van der Waals surface area contributed by atoms with Crippen LogP contribution < -0.4 is 9.64 Å². The second kappa shape index (κ2) is 9.03. The molecule has 0 aliphatic carbocycles. The number of benzene rings is 2. The average Bonchev–Trinajstić information content (AvgIpc) is 2.74. The zero-order chi connectivity index (χ0) is 21.7. The Hall–Kier alpha value is -3.28. The van der Waals surface area contributed by atoms with Gasteiger partial charge in [0.2, 0.25) is 5.91 Å². The Balaban J connectivity index is 1.52. The normalized spacial score (nSPS) is 14.4. The molecule has 30 heavy (non-hydrogen) atoms. The molecule has 1 amide bonds. The lowest BCUT2D eigenvalue weighted by atomic mass is 10.1. The van der Waals surface area contributed by atoms with E-state index in [0.717, 1.165) is 12.1 Å². The van der Waals surface area contributed by atoms with Crippen LogP contribution in [-0.2, 0) is 11.0 Å². The van der Waals surface area contributed by atoms with Crippen molar-refractivity contribution in [2.75, 3.05) is 37.7 Å². The first-order valence-corrected chi connectivity index (χ1v) is 9.30. The molecule has 2 aromatic rings. The summed E-state index contributed by atoms with van der Waals surface area (Å²) < 4.78 is 56.9. The van der Waals surface area contributed by atoms with Crippen molar-refractivity contribution in [3.63, 3.8) is 0 Å². The molecule has 1 fully saturated rings. The van der Waals surface area contributed by atoms with Crippen molar-refractivity contribution in [2.24, 2.45) is 0 Å². The highest BCUT2D eigenvalue weighted by Gasteiger charge is 2.32. The van der Waals surface area contributed by atoms with E-state index < -0.39 is 11.7 Å². The van der Waals surface area contributed by atoms with Crippen molar-refractivity contribution >= 4 is 11.6 Å². The molecule has 2 aromatic carbocycles. The molecule has 0 spiro atoms. The molecule has 3 rings (SSSR count). The number of carbonyl (C=O) groups is 1. The van der Waals surface area contributed by atoms with Gasteiger partial charge in [-0.1, -0.05) is 0 Å². The summed E-state index contributed by atoms with van der Waals surface area (Å²) in [7, 11) is 0. The van der Waals surface area contributed by atoms with Gasteiger partial charge in [0.15, 0.2) is 0 Å². The van der Waals surface area contributed by atoms with Crippen LogP contribution in [0.25, 0.3) is 0 Å². The van der Waals surface area contributed by atoms with Gasteiger partial charge in [0.25, 0.3) is 0 Å². The van der Waals surface area contributed by atoms with Crippen LogP contribution in [-0.4, -0.2) is 43.6 Å². The number of halogens is 4. The number of hydrogen-bond donors (Lipinski definition) is 0. The monoisotopic (exact) mass is 421 g/mol. The summed E-state index contributed by atoms with van der Waals surface area (Å²) in [4.78, 5) is 15.8. The van der Waals surface area contributed by atoms with Crippen LogP contribution in [0.15, 0.2) is 42.5 Å². The highest BCUT2D eigenvalue weighted by atomic mass is 19.4. The Morgan fingerprint density at radius 2 is 1.73 bits per heavy atom.